The van der Waals surface area contributed by atoms with Gasteiger partial charge in [0.25, 0.3) is 0 Å². The second-order valence-corrected chi connectivity index (χ2v) is 8.74. The maximum Gasteiger partial charge on any atom is 0.606 e. The van der Waals surface area contributed by atoms with Crippen molar-refractivity contribution in [2.75, 3.05) is 12.3 Å². The minimum Gasteiger partial charge on any atom is -0.462 e. The molecular formula is C21H28N6O5P+. The molecule has 0 bridgehead atoms. The Morgan fingerprint density at radius 3 is 2.70 bits per heavy atom. The molecule has 4 N–H and O–H groups in total. The standard InChI is InChI=1S/C21H28N6O5P/c1-13(2)31-20(28)14(3)25-21(33(29)32-15-8-5-4-6-9-15)30-11-7-10-16-26-18(22)17-19(27-16)24-12-23-17/h4-6,8-9,12-14,21,25H,7,10-11H2,1-3H3,(H3,22,23,24,26,27)/q+1/t14-,21-/m0/s1. The number of nitrogen functional groups attached to an aromatic ring is 1. The van der Waals surface area contributed by atoms with Crippen LogP contribution in [0.1, 0.15) is 33.0 Å². The second kappa shape index (κ2) is 11.6. The lowest BCUT2D eigenvalue weighted by atomic mass is 10.3. The highest BCUT2D eigenvalue weighted by molar-refractivity contribution is 7.40. The molecule has 2 heterocycles. The molecule has 0 spiro atoms. The largest absolute Gasteiger partial charge is 0.606 e. The molecule has 12 heteroatoms. The van der Waals surface area contributed by atoms with Crippen molar-refractivity contribution in [3.63, 3.8) is 0 Å². The average Bonchev–Trinajstić information content (AvgIpc) is 3.25. The number of hydrogen-bond acceptors (Lipinski definition) is 10. The summed E-state index contributed by atoms with van der Waals surface area (Å²) < 4.78 is 29.4. The summed E-state index contributed by atoms with van der Waals surface area (Å²) in [4.78, 5) is 27.8. The molecule has 176 valence electrons. The first kappa shape index (κ1) is 24.5. The van der Waals surface area contributed by atoms with Gasteiger partial charge in [0, 0.05) is 6.42 Å². The number of aromatic nitrogens is 4. The Morgan fingerprint density at radius 2 is 1.97 bits per heavy atom. The Bertz CT molecular complexity index is 1080. The number of carbonyl (C=O) groups is 1. The minimum atomic E-state index is -2.35. The van der Waals surface area contributed by atoms with Gasteiger partial charge in [-0.3, -0.25) is 9.32 Å². The number of aryl methyl sites for hydroxylation is 1. The molecule has 3 rings (SSSR count). The number of rotatable bonds is 12. The Hall–Kier alpha value is -3.14. The molecule has 0 saturated heterocycles. The number of nitrogens with one attached hydrogen (secondary N) is 2. The van der Waals surface area contributed by atoms with Crippen molar-refractivity contribution < 1.29 is 23.4 Å². The van der Waals surface area contributed by atoms with E-state index in [0.717, 1.165) is 0 Å². The molecule has 3 aromatic rings. The van der Waals surface area contributed by atoms with Crippen molar-refractivity contribution in [3.8, 4) is 5.75 Å². The number of aromatic amines is 1. The van der Waals surface area contributed by atoms with Crippen molar-refractivity contribution in [3.05, 3.63) is 42.5 Å². The predicted molar refractivity (Wildman–Crippen MR) is 123 cm³/mol. The fourth-order valence-corrected chi connectivity index (χ4v) is 3.86. The fourth-order valence-electron chi connectivity index (χ4n) is 2.86. The summed E-state index contributed by atoms with van der Waals surface area (Å²) >= 11 is 0. The number of H-pyrrole nitrogens is 1. The number of nitrogens with zero attached hydrogens (tertiary/aromatic N) is 3. The van der Waals surface area contributed by atoms with Crippen LogP contribution in [0.3, 0.4) is 0 Å². The zero-order valence-corrected chi connectivity index (χ0v) is 19.6. The number of carbonyl (C=O) groups excluding carboxylic acids is 1. The summed E-state index contributed by atoms with van der Waals surface area (Å²) in [7, 11) is -2.35. The van der Waals surface area contributed by atoms with Crippen LogP contribution in [-0.4, -0.2) is 50.6 Å². The van der Waals surface area contributed by atoms with Gasteiger partial charge in [0.1, 0.15) is 17.4 Å². The first-order valence-electron chi connectivity index (χ1n) is 10.6. The second-order valence-electron chi connectivity index (χ2n) is 7.52. The van der Waals surface area contributed by atoms with E-state index in [1.165, 1.54) is 6.33 Å². The third-order valence-electron chi connectivity index (χ3n) is 4.41. The van der Waals surface area contributed by atoms with Crippen LogP contribution in [0, 0.1) is 0 Å². The van der Waals surface area contributed by atoms with Gasteiger partial charge in [-0.25, -0.2) is 20.3 Å². The number of hydrogen-bond donors (Lipinski definition) is 3. The summed E-state index contributed by atoms with van der Waals surface area (Å²) in [6.07, 6.45) is 2.23. The van der Waals surface area contributed by atoms with Gasteiger partial charge < -0.3 is 20.2 Å². The van der Waals surface area contributed by atoms with Crippen molar-refractivity contribution in [2.24, 2.45) is 0 Å². The minimum absolute atomic E-state index is 0.213. The van der Waals surface area contributed by atoms with E-state index >= 15 is 0 Å². The van der Waals surface area contributed by atoms with Crippen LogP contribution >= 0.6 is 8.03 Å². The van der Waals surface area contributed by atoms with Crippen LogP contribution in [0.4, 0.5) is 5.82 Å². The van der Waals surface area contributed by atoms with Gasteiger partial charge >= 0.3 is 20.0 Å². The van der Waals surface area contributed by atoms with Gasteiger partial charge in [0.2, 0.25) is 0 Å². The van der Waals surface area contributed by atoms with Gasteiger partial charge in [0.15, 0.2) is 17.2 Å². The highest BCUT2D eigenvalue weighted by Gasteiger charge is 2.38. The van der Waals surface area contributed by atoms with Crippen molar-refractivity contribution in [1.82, 2.24) is 25.3 Å². The molecule has 2 aromatic heterocycles. The molecule has 1 unspecified atom stereocenters. The lowest BCUT2D eigenvalue weighted by molar-refractivity contribution is -0.150. The van der Waals surface area contributed by atoms with E-state index in [2.05, 4.69) is 25.3 Å². The number of imidazole rings is 1. The van der Waals surface area contributed by atoms with Crippen molar-refractivity contribution in [1.29, 1.82) is 0 Å². The zero-order valence-electron chi connectivity index (χ0n) is 18.7. The summed E-state index contributed by atoms with van der Waals surface area (Å²) in [5.74, 6) is -0.223. The van der Waals surface area contributed by atoms with Crippen LogP contribution in [0.15, 0.2) is 36.7 Å². The lowest BCUT2D eigenvalue weighted by Gasteiger charge is -2.17. The van der Waals surface area contributed by atoms with Gasteiger partial charge in [-0.15, -0.1) is 0 Å². The van der Waals surface area contributed by atoms with Crippen LogP contribution in [-0.2, 0) is 25.3 Å². The fraction of sp³-hybridized carbons (Fsp3) is 0.429. The number of anilines is 1. The quantitative estimate of drug-likeness (QED) is 0.154. The number of para-hydroxylation sites is 1. The molecule has 0 fully saturated rings. The Kier molecular flexibility index (Phi) is 8.65. The molecule has 3 atom stereocenters. The van der Waals surface area contributed by atoms with Gasteiger partial charge in [-0.05, 0) is 43.9 Å². The molecular weight excluding hydrogens is 447 g/mol. The monoisotopic (exact) mass is 475 g/mol. The molecule has 33 heavy (non-hydrogen) atoms. The molecule has 1 aromatic carbocycles. The van der Waals surface area contributed by atoms with Crippen molar-refractivity contribution >= 4 is 31.0 Å². The van der Waals surface area contributed by atoms with Gasteiger partial charge in [0.05, 0.1) is 19.0 Å². The van der Waals surface area contributed by atoms with Crippen LogP contribution in [0.5, 0.6) is 5.75 Å². The molecule has 0 aliphatic heterocycles. The molecule has 0 saturated carbocycles. The molecule has 0 radical (unpaired) electrons. The highest BCUT2D eigenvalue weighted by atomic mass is 31.1. The summed E-state index contributed by atoms with van der Waals surface area (Å²) in [5, 5.41) is 2.90. The van der Waals surface area contributed by atoms with E-state index in [9.17, 15) is 9.36 Å². The number of nitrogens with two attached hydrogens (primary N) is 1. The highest BCUT2D eigenvalue weighted by Crippen LogP contribution is 2.31. The maximum absolute atomic E-state index is 12.9. The van der Waals surface area contributed by atoms with E-state index in [1.807, 2.05) is 6.07 Å². The third kappa shape index (κ3) is 7.18. The number of esters is 1. The summed E-state index contributed by atoms with van der Waals surface area (Å²) in [6.45, 7) is 5.34. The smallest absolute Gasteiger partial charge is 0.462 e. The van der Waals surface area contributed by atoms with E-state index in [0.29, 0.717) is 41.4 Å². The van der Waals surface area contributed by atoms with E-state index in [-0.39, 0.29) is 12.7 Å². The molecule has 0 aliphatic rings. The molecule has 11 nitrogen and oxygen atoms in total. The Labute approximate surface area is 192 Å². The predicted octanol–water partition coefficient (Wildman–Crippen LogP) is 2.92. The molecule has 0 aliphatic carbocycles. The van der Waals surface area contributed by atoms with E-state index < -0.39 is 26.0 Å². The van der Waals surface area contributed by atoms with Gasteiger partial charge in [-0.1, -0.05) is 18.2 Å². The first-order chi connectivity index (χ1) is 15.8. The first-order valence-corrected chi connectivity index (χ1v) is 11.8. The number of ether oxygens (including phenoxy) is 2. The van der Waals surface area contributed by atoms with E-state index in [4.69, 9.17) is 19.7 Å². The summed E-state index contributed by atoms with van der Waals surface area (Å²) in [5.41, 5.74) is 7.01. The van der Waals surface area contributed by atoms with Crippen LogP contribution in [0.25, 0.3) is 11.2 Å². The molecule has 0 amide bonds. The topological polar surface area (TPSA) is 154 Å². The lowest BCUT2D eigenvalue weighted by Crippen LogP contribution is -2.43. The number of fused-ring (bicyclic) bond motifs is 1. The van der Waals surface area contributed by atoms with Crippen LogP contribution in [0.2, 0.25) is 0 Å². The van der Waals surface area contributed by atoms with E-state index in [1.54, 1.807) is 45.0 Å². The average molecular weight is 475 g/mol. The number of benzene rings is 1. The maximum atomic E-state index is 12.9. The third-order valence-corrected chi connectivity index (χ3v) is 5.48. The zero-order chi connectivity index (χ0) is 23.8. The normalized spacial score (nSPS) is 13.6. The SMILES string of the molecule is CC(C)OC(=O)[C@H](C)N[C@@H](OCCCc1nc(N)c2[nH]cnc2n1)[P+](=O)Oc1ccccc1. The Balaban J connectivity index is 1.59. The van der Waals surface area contributed by atoms with Gasteiger partial charge in [-0.2, -0.15) is 0 Å². The van der Waals surface area contributed by atoms with Crippen LogP contribution < -0.4 is 15.6 Å². The summed E-state index contributed by atoms with van der Waals surface area (Å²) in [6, 6.07) is 7.99. The Morgan fingerprint density at radius 1 is 1.21 bits per heavy atom. The van der Waals surface area contributed by atoms with Crippen molar-refractivity contribution in [2.45, 2.75) is 51.7 Å².